The Hall–Kier alpha value is -2.37. The number of aromatic carboxylic acids is 1. The number of carbonyl (C=O) groups is 1. The molecule has 0 radical (unpaired) electrons. The molecule has 2 aromatic rings. The van der Waals surface area contributed by atoms with Gasteiger partial charge in [-0.1, -0.05) is 0 Å². The van der Waals surface area contributed by atoms with Crippen LogP contribution in [0.5, 0.6) is 5.75 Å². The van der Waals surface area contributed by atoms with E-state index in [0.717, 1.165) is 0 Å². The summed E-state index contributed by atoms with van der Waals surface area (Å²) in [6.45, 7) is 4.02. The smallest absolute Gasteiger partial charge is 0.339 e. The lowest BCUT2D eigenvalue weighted by molar-refractivity contribution is 0.0693. The molecule has 0 aromatic carbocycles. The first-order valence-corrected chi connectivity index (χ1v) is 5.92. The molecule has 0 spiro atoms. The van der Waals surface area contributed by atoms with Gasteiger partial charge in [-0.25, -0.2) is 4.79 Å². The molecule has 0 fully saturated rings. The van der Waals surface area contributed by atoms with Crippen molar-refractivity contribution in [3.05, 3.63) is 42.0 Å². The largest absolute Gasteiger partial charge is 0.486 e. The van der Waals surface area contributed by atoms with Gasteiger partial charge in [-0.05, 0) is 26.0 Å². The summed E-state index contributed by atoms with van der Waals surface area (Å²) in [4.78, 5) is 15.1. The van der Waals surface area contributed by atoms with Crippen LogP contribution in [0.3, 0.4) is 0 Å². The SMILES string of the molecule is CC(C)n1ncc(C(=O)O)c1COc1cccnc1. The summed E-state index contributed by atoms with van der Waals surface area (Å²) in [6.07, 6.45) is 4.58. The number of hydrogen-bond donors (Lipinski definition) is 1. The molecule has 1 N–H and O–H groups in total. The molecule has 0 unspecified atom stereocenters. The molecule has 0 saturated heterocycles. The van der Waals surface area contributed by atoms with Crippen LogP contribution in [0.2, 0.25) is 0 Å². The lowest BCUT2D eigenvalue weighted by atomic mass is 10.2. The van der Waals surface area contributed by atoms with Gasteiger partial charge in [-0.2, -0.15) is 5.10 Å². The monoisotopic (exact) mass is 261 g/mol. The van der Waals surface area contributed by atoms with Gasteiger partial charge in [-0.3, -0.25) is 9.67 Å². The molecule has 0 saturated carbocycles. The molecule has 0 atom stereocenters. The molecular formula is C13H15N3O3. The highest BCUT2D eigenvalue weighted by molar-refractivity contribution is 5.88. The average molecular weight is 261 g/mol. The van der Waals surface area contributed by atoms with Crippen molar-refractivity contribution < 1.29 is 14.6 Å². The number of carboxylic acids is 1. The Bertz CT molecular complexity index is 564. The van der Waals surface area contributed by atoms with Gasteiger partial charge in [0.05, 0.1) is 18.1 Å². The van der Waals surface area contributed by atoms with E-state index in [4.69, 9.17) is 9.84 Å². The third kappa shape index (κ3) is 2.90. The minimum atomic E-state index is -1.00. The van der Waals surface area contributed by atoms with E-state index in [1.165, 1.54) is 6.20 Å². The molecular weight excluding hydrogens is 246 g/mol. The van der Waals surface area contributed by atoms with Gasteiger partial charge in [-0.15, -0.1) is 0 Å². The molecule has 2 aromatic heterocycles. The molecule has 0 bridgehead atoms. The lowest BCUT2D eigenvalue weighted by Gasteiger charge is -2.12. The highest BCUT2D eigenvalue weighted by Crippen LogP contribution is 2.17. The summed E-state index contributed by atoms with van der Waals surface area (Å²) in [7, 11) is 0. The van der Waals surface area contributed by atoms with Gasteiger partial charge in [0.25, 0.3) is 0 Å². The number of aromatic nitrogens is 3. The van der Waals surface area contributed by atoms with Gasteiger partial charge >= 0.3 is 5.97 Å². The first-order chi connectivity index (χ1) is 9.09. The van der Waals surface area contributed by atoms with E-state index in [0.29, 0.717) is 11.4 Å². The molecule has 0 aliphatic heterocycles. The van der Waals surface area contributed by atoms with Gasteiger partial charge in [0.15, 0.2) is 0 Å². The van der Waals surface area contributed by atoms with E-state index in [1.807, 2.05) is 13.8 Å². The molecule has 100 valence electrons. The van der Waals surface area contributed by atoms with Crippen molar-refractivity contribution in [2.24, 2.45) is 0 Å². The summed E-state index contributed by atoms with van der Waals surface area (Å²) in [5.41, 5.74) is 0.712. The van der Waals surface area contributed by atoms with Crippen LogP contribution in [-0.4, -0.2) is 25.8 Å². The van der Waals surface area contributed by atoms with Gasteiger partial charge < -0.3 is 9.84 Å². The van der Waals surface area contributed by atoms with Crippen molar-refractivity contribution in [3.63, 3.8) is 0 Å². The standard InChI is InChI=1S/C13H15N3O3/c1-9(2)16-12(11(7-15-16)13(17)18)8-19-10-4-3-5-14-6-10/h3-7,9H,8H2,1-2H3,(H,17,18). The van der Waals surface area contributed by atoms with Crippen LogP contribution >= 0.6 is 0 Å². The topological polar surface area (TPSA) is 77.2 Å². The average Bonchev–Trinajstić information content (AvgIpc) is 2.81. The normalized spacial score (nSPS) is 10.7. The Morgan fingerprint density at radius 2 is 2.26 bits per heavy atom. The predicted octanol–water partition coefficient (Wildman–Crippen LogP) is 2.14. The minimum Gasteiger partial charge on any atom is -0.486 e. The minimum absolute atomic E-state index is 0.0700. The molecule has 19 heavy (non-hydrogen) atoms. The van der Waals surface area contributed by atoms with Crippen LogP contribution < -0.4 is 4.74 Å². The van der Waals surface area contributed by atoms with Crippen LogP contribution in [0.25, 0.3) is 0 Å². The first kappa shape index (κ1) is 13.1. The molecule has 2 rings (SSSR count). The zero-order chi connectivity index (χ0) is 13.8. The summed E-state index contributed by atoms with van der Waals surface area (Å²) in [5, 5.41) is 13.2. The van der Waals surface area contributed by atoms with E-state index in [2.05, 4.69) is 10.1 Å². The fourth-order valence-corrected chi connectivity index (χ4v) is 1.74. The third-order valence-electron chi connectivity index (χ3n) is 2.63. The zero-order valence-corrected chi connectivity index (χ0v) is 10.8. The molecule has 6 heteroatoms. The summed E-state index contributed by atoms with van der Waals surface area (Å²) in [5.74, 6) is -0.410. The number of pyridine rings is 1. The number of ether oxygens (including phenoxy) is 1. The van der Waals surface area contributed by atoms with E-state index in [-0.39, 0.29) is 18.2 Å². The van der Waals surface area contributed by atoms with Crippen molar-refractivity contribution in [1.29, 1.82) is 0 Å². The van der Waals surface area contributed by atoms with E-state index in [1.54, 1.807) is 29.2 Å². The maximum atomic E-state index is 11.1. The molecule has 2 heterocycles. The Labute approximate surface area is 110 Å². The molecule has 0 aliphatic rings. The Morgan fingerprint density at radius 1 is 1.47 bits per heavy atom. The van der Waals surface area contributed by atoms with Crippen LogP contribution in [0.4, 0.5) is 0 Å². The predicted molar refractivity (Wildman–Crippen MR) is 68.1 cm³/mol. The maximum Gasteiger partial charge on any atom is 0.339 e. The Morgan fingerprint density at radius 3 is 2.84 bits per heavy atom. The second kappa shape index (κ2) is 5.51. The number of rotatable bonds is 5. The highest BCUT2D eigenvalue weighted by Gasteiger charge is 2.18. The molecule has 0 aliphatic carbocycles. The zero-order valence-electron chi connectivity index (χ0n) is 10.8. The second-order valence-corrected chi connectivity index (χ2v) is 4.33. The van der Waals surface area contributed by atoms with Crippen molar-refractivity contribution in [2.75, 3.05) is 0 Å². The van der Waals surface area contributed by atoms with E-state index in [9.17, 15) is 4.79 Å². The van der Waals surface area contributed by atoms with E-state index < -0.39 is 5.97 Å². The van der Waals surface area contributed by atoms with Gasteiger partial charge in [0, 0.05) is 12.2 Å². The fraction of sp³-hybridized carbons (Fsp3) is 0.308. The quantitative estimate of drug-likeness (QED) is 0.892. The van der Waals surface area contributed by atoms with Crippen LogP contribution in [0.1, 0.15) is 35.9 Å². The van der Waals surface area contributed by atoms with Crippen molar-refractivity contribution >= 4 is 5.97 Å². The number of hydrogen-bond acceptors (Lipinski definition) is 4. The molecule has 0 amide bonds. The van der Waals surface area contributed by atoms with Crippen molar-refractivity contribution in [2.45, 2.75) is 26.5 Å². The van der Waals surface area contributed by atoms with Crippen LogP contribution in [-0.2, 0) is 6.61 Å². The lowest BCUT2D eigenvalue weighted by Crippen LogP contribution is -2.13. The summed E-state index contributed by atoms with van der Waals surface area (Å²) >= 11 is 0. The Kier molecular flexibility index (Phi) is 3.79. The number of carboxylic acid groups (broad SMARTS) is 1. The van der Waals surface area contributed by atoms with Gasteiger partial charge in [0.2, 0.25) is 0 Å². The molecule has 6 nitrogen and oxygen atoms in total. The van der Waals surface area contributed by atoms with E-state index >= 15 is 0 Å². The van der Waals surface area contributed by atoms with Crippen LogP contribution in [0, 0.1) is 0 Å². The highest BCUT2D eigenvalue weighted by atomic mass is 16.5. The maximum absolute atomic E-state index is 11.1. The number of nitrogens with zero attached hydrogens (tertiary/aromatic N) is 3. The summed E-state index contributed by atoms with van der Waals surface area (Å²) in [6, 6.07) is 3.59. The third-order valence-corrected chi connectivity index (χ3v) is 2.63. The second-order valence-electron chi connectivity index (χ2n) is 4.33. The summed E-state index contributed by atoms with van der Waals surface area (Å²) < 4.78 is 7.20. The van der Waals surface area contributed by atoms with Crippen molar-refractivity contribution in [1.82, 2.24) is 14.8 Å². The van der Waals surface area contributed by atoms with Crippen LogP contribution in [0.15, 0.2) is 30.7 Å². The van der Waals surface area contributed by atoms with Crippen molar-refractivity contribution in [3.8, 4) is 5.75 Å². The van der Waals surface area contributed by atoms with Gasteiger partial charge in [0.1, 0.15) is 17.9 Å². The Balaban J connectivity index is 2.23. The fourth-order valence-electron chi connectivity index (χ4n) is 1.74. The first-order valence-electron chi connectivity index (χ1n) is 5.92.